The number of carbonyl (C=O) groups excluding carboxylic acids is 1. The van der Waals surface area contributed by atoms with Crippen molar-refractivity contribution >= 4 is 11.7 Å². The van der Waals surface area contributed by atoms with Gasteiger partial charge in [-0.2, -0.15) is 0 Å². The van der Waals surface area contributed by atoms with Gasteiger partial charge in [-0.1, -0.05) is 0 Å². The predicted octanol–water partition coefficient (Wildman–Crippen LogP) is 1.88. The summed E-state index contributed by atoms with van der Waals surface area (Å²) < 4.78 is 18.7. The number of piperidine rings is 1. The van der Waals surface area contributed by atoms with Crippen molar-refractivity contribution in [3.05, 3.63) is 48.2 Å². The van der Waals surface area contributed by atoms with Crippen molar-refractivity contribution in [2.45, 2.75) is 18.9 Å². The maximum Gasteiger partial charge on any atom is 0.276 e. The summed E-state index contributed by atoms with van der Waals surface area (Å²) in [5, 5.41) is 0. The van der Waals surface area contributed by atoms with Crippen LogP contribution in [0.5, 0.6) is 5.75 Å². The number of carbonyl (C=O) groups is 1. The number of nitrogens with zero attached hydrogens (tertiary/aromatic N) is 3. The smallest absolute Gasteiger partial charge is 0.276 e. The molecule has 0 radical (unpaired) electrons. The van der Waals surface area contributed by atoms with E-state index < -0.39 is 0 Å². The van der Waals surface area contributed by atoms with Crippen molar-refractivity contribution in [1.82, 2.24) is 14.9 Å². The number of halogens is 1. The lowest BCUT2D eigenvalue weighted by Crippen LogP contribution is -2.42. The molecule has 6 nitrogen and oxygen atoms in total. The second-order valence-corrected chi connectivity index (χ2v) is 5.35. The number of rotatable bonds is 3. The minimum atomic E-state index is -0.292. The van der Waals surface area contributed by atoms with Gasteiger partial charge in [-0.25, -0.2) is 14.4 Å². The highest BCUT2D eigenvalue weighted by atomic mass is 19.1. The minimum absolute atomic E-state index is 0.00344. The molecule has 0 bridgehead atoms. The van der Waals surface area contributed by atoms with Crippen LogP contribution in [0.2, 0.25) is 0 Å². The molecule has 7 heteroatoms. The van der Waals surface area contributed by atoms with E-state index in [0.717, 1.165) is 0 Å². The molecule has 0 spiro atoms. The van der Waals surface area contributed by atoms with Crippen LogP contribution >= 0.6 is 0 Å². The molecular weight excluding hydrogens is 299 g/mol. The van der Waals surface area contributed by atoms with Crippen LogP contribution in [0, 0.1) is 5.82 Å². The zero-order valence-electron chi connectivity index (χ0n) is 12.5. The third-order valence-electron chi connectivity index (χ3n) is 3.77. The molecule has 3 rings (SSSR count). The number of hydrogen-bond donors (Lipinski definition) is 1. The van der Waals surface area contributed by atoms with Gasteiger partial charge in [0.05, 0.1) is 0 Å². The quantitative estimate of drug-likeness (QED) is 0.935. The van der Waals surface area contributed by atoms with Crippen LogP contribution in [-0.4, -0.2) is 40.0 Å². The first-order valence-electron chi connectivity index (χ1n) is 7.41. The number of hydrogen-bond acceptors (Lipinski definition) is 5. The predicted molar refractivity (Wildman–Crippen MR) is 82.4 cm³/mol. The van der Waals surface area contributed by atoms with Crippen molar-refractivity contribution < 1.29 is 13.9 Å². The molecule has 1 aliphatic heterocycles. The largest absolute Gasteiger partial charge is 0.490 e. The maximum absolute atomic E-state index is 12.9. The summed E-state index contributed by atoms with van der Waals surface area (Å²) in [7, 11) is 0. The van der Waals surface area contributed by atoms with Crippen molar-refractivity contribution in [2.24, 2.45) is 0 Å². The highest BCUT2D eigenvalue weighted by Crippen LogP contribution is 2.20. The zero-order valence-corrected chi connectivity index (χ0v) is 12.5. The Bertz CT molecular complexity index is 685. The summed E-state index contributed by atoms with van der Waals surface area (Å²) in [5.41, 5.74) is 5.88. The third kappa shape index (κ3) is 3.56. The molecule has 0 aliphatic carbocycles. The lowest BCUT2D eigenvalue weighted by atomic mass is 10.1. The van der Waals surface area contributed by atoms with E-state index in [-0.39, 0.29) is 29.3 Å². The van der Waals surface area contributed by atoms with E-state index in [1.807, 2.05) is 0 Å². The van der Waals surface area contributed by atoms with Gasteiger partial charge >= 0.3 is 0 Å². The number of benzene rings is 1. The summed E-state index contributed by atoms with van der Waals surface area (Å²) in [4.78, 5) is 22.0. The highest BCUT2D eigenvalue weighted by Gasteiger charge is 2.26. The van der Waals surface area contributed by atoms with Crippen molar-refractivity contribution in [2.75, 3.05) is 18.8 Å². The van der Waals surface area contributed by atoms with E-state index in [2.05, 4.69) is 9.97 Å². The Morgan fingerprint density at radius 2 is 1.83 bits per heavy atom. The topological polar surface area (TPSA) is 81.3 Å². The molecule has 1 aliphatic rings. The average Bonchev–Trinajstić information content (AvgIpc) is 2.57. The number of likely N-dealkylation sites (tertiary alicyclic amines) is 1. The first-order valence-corrected chi connectivity index (χ1v) is 7.41. The van der Waals surface area contributed by atoms with Gasteiger partial charge in [0.25, 0.3) is 5.91 Å². The van der Waals surface area contributed by atoms with Crippen LogP contribution < -0.4 is 10.5 Å². The Labute approximate surface area is 133 Å². The molecule has 1 saturated heterocycles. The van der Waals surface area contributed by atoms with Crippen LogP contribution in [0.4, 0.5) is 10.2 Å². The number of nitrogen functional groups attached to an aromatic ring is 1. The summed E-state index contributed by atoms with van der Waals surface area (Å²) in [5.74, 6) is 0.270. The number of aromatic nitrogens is 2. The fourth-order valence-corrected chi connectivity index (χ4v) is 2.55. The molecule has 0 unspecified atom stereocenters. The number of ether oxygens (including phenoxy) is 1. The lowest BCUT2D eigenvalue weighted by Gasteiger charge is -2.32. The molecule has 2 heterocycles. The SMILES string of the molecule is Nc1nccnc1C(=O)N1CCC(Oc2ccc(F)cc2)CC1. The molecule has 0 saturated carbocycles. The van der Waals surface area contributed by atoms with Gasteiger partial charge in [-0.05, 0) is 24.3 Å². The summed E-state index contributed by atoms with van der Waals surface area (Å²) >= 11 is 0. The van der Waals surface area contributed by atoms with E-state index in [1.54, 1.807) is 17.0 Å². The van der Waals surface area contributed by atoms with Gasteiger partial charge in [-0.15, -0.1) is 0 Å². The van der Waals surface area contributed by atoms with Crippen molar-refractivity contribution in [1.29, 1.82) is 0 Å². The number of nitrogens with two attached hydrogens (primary N) is 1. The molecular formula is C16H17FN4O2. The van der Waals surface area contributed by atoms with Gasteiger partial charge in [0, 0.05) is 38.3 Å². The van der Waals surface area contributed by atoms with E-state index in [9.17, 15) is 9.18 Å². The number of amides is 1. The Morgan fingerprint density at radius 1 is 1.17 bits per heavy atom. The Hall–Kier alpha value is -2.70. The maximum atomic E-state index is 12.9. The van der Waals surface area contributed by atoms with E-state index >= 15 is 0 Å². The Kier molecular flexibility index (Phi) is 4.36. The molecule has 1 aromatic heterocycles. The van der Waals surface area contributed by atoms with Crippen LogP contribution in [0.1, 0.15) is 23.3 Å². The molecule has 120 valence electrons. The van der Waals surface area contributed by atoms with Gasteiger partial charge in [0.15, 0.2) is 11.5 Å². The van der Waals surface area contributed by atoms with Crippen LogP contribution in [-0.2, 0) is 0 Å². The van der Waals surface area contributed by atoms with E-state index in [4.69, 9.17) is 10.5 Å². The van der Waals surface area contributed by atoms with Gasteiger partial charge in [0.2, 0.25) is 0 Å². The van der Waals surface area contributed by atoms with Crippen molar-refractivity contribution in [3.8, 4) is 5.75 Å². The summed E-state index contributed by atoms with van der Waals surface area (Å²) in [6, 6.07) is 5.94. The fourth-order valence-electron chi connectivity index (χ4n) is 2.55. The standard InChI is InChI=1S/C16H17FN4O2/c17-11-1-3-12(4-2-11)23-13-5-9-21(10-6-13)16(22)14-15(18)20-8-7-19-14/h1-4,7-8,13H,5-6,9-10H2,(H2,18,20). The fraction of sp³-hybridized carbons (Fsp3) is 0.312. The zero-order chi connectivity index (χ0) is 16.2. The normalized spacial score (nSPS) is 15.4. The summed E-state index contributed by atoms with van der Waals surface area (Å²) in [6.45, 7) is 1.11. The second-order valence-electron chi connectivity index (χ2n) is 5.35. The summed E-state index contributed by atoms with van der Waals surface area (Å²) in [6.07, 6.45) is 4.30. The average molecular weight is 316 g/mol. The van der Waals surface area contributed by atoms with Crippen LogP contribution in [0.3, 0.4) is 0 Å². The molecule has 1 amide bonds. The van der Waals surface area contributed by atoms with Gasteiger partial charge in [0.1, 0.15) is 17.7 Å². The minimum Gasteiger partial charge on any atom is -0.490 e. The third-order valence-corrected chi connectivity index (χ3v) is 3.77. The molecule has 23 heavy (non-hydrogen) atoms. The first-order chi connectivity index (χ1) is 11.1. The van der Waals surface area contributed by atoms with Gasteiger partial charge < -0.3 is 15.4 Å². The van der Waals surface area contributed by atoms with E-state index in [1.165, 1.54) is 24.5 Å². The molecule has 2 aromatic rings. The molecule has 2 N–H and O–H groups in total. The Balaban J connectivity index is 1.57. The van der Waals surface area contributed by atoms with E-state index in [0.29, 0.717) is 31.7 Å². The van der Waals surface area contributed by atoms with Gasteiger partial charge in [-0.3, -0.25) is 4.79 Å². The molecule has 1 fully saturated rings. The molecule has 1 aromatic carbocycles. The van der Waals surface area contributed by atoms with Crippen LogP contribution in [0.25, 0.3) is 0 Å². The van der Waals surface area contributed by atoms with Crippen molar-refractivity contribution in [3.63, 3.8) is 0 Å². The first kappa shape index (κ1) is 15.2. The monoisotopic (exact) mass is 316 g/mol. The lowest BCUT2D eigenvalue weighted by molar-refractivity contribution is 0.0590. The van der Waals surface area contributed by atoms with Crippen LogP contribution in [0.15, 0.2) is 36.7 Å². The number of anilines is 1. The Morgan fingerprint density at radius 3 is 2.48 bits per heavy atom. The second kappa shape index (κ2) is 6.60. The highest BCUT2D eigenvalue weighted by molar-refractivity contribution is 5.96. The molecule has 0 atom stereocenters.